The summed E-state index contributed by atoms with van der Waals surface area (Å²) < 4.78 is 63.1. The van der Waals surface area contributed by atoms with E-state index in [-0.39, 0.29) is 30.6 Å². The summed E-state index contributed by atoms with van der Waals surface area (Å²) in [4.78, 5) is 17.1. The van der Waals surface area contributed by atoms with Crippen LogP contribution in [0.15, 0.2) is 36.7 Å². The van der Waals surface area contributed by atoms with Crippen LogP contribution in [0.2, 0.25) is 0 Å². The minimum Gasteiger partial charge on any atom is -0.492 e. The van der Waals surface area contributed by atoms with Gasteiger partial charge < -0.3 is 24.3 Å². The molecule has 3 aromatic rings. The van der Waals surface area contributed by atoms with E-state index in [0.29, 0.717) is 34.3 Å². The van der Waals surface area contributed by atoms with E-state index in [2.05, 4.69) is 10.3 Å². The fourth-order valence-electron chi connectivity index (χ4n) is 4.16. The molecular formula is C22H18F3N3O5. The first-order valence-electron chi connectivity index (χ1n) is 9.91. The number of ether oxygens (including phenoxy) is 4. The normalized spacial score (nSPS) is 16.9. The maximum absolute atomic E-state index is 13.2. The Kier molecular flexibility index (Phi) is 4.84. The van der Waals surface area contributed by atoms with Gasteiger partial charge in [-0.05, 0) is 24.3 Å². The van der Waals surface area contributed by atoms with Gasteiger partial charge in [0.25, 0.3) is 0 Å². The van der Waals surface area contributed by atoms with Crippen molar-refractivity contribution < 1.29 is 36.9 Å². The number of nitrogens with one attached hydrogen (secondary N) is 1. The van der Waals surface area contributed by atoms with Crippen molar-refractivity contribution in [3.05, 3.63) is 53.5 Å². The molecule has 5 rings (SSSR count). The van der Waals surface area contributed by atoms with Gasteiger partial charge >= 0.3 is 6.18 Å². The molecule has 0 saturated heterocycles. The predicted molar refractivity (Wildman–Crippen MR) is 109 cm³/mol. The smallest absolute Gasteiger partial charge is 0.416 e. The summed E-state index contributed by atoms with van der Waals surface area (Å²) in [6, 6.07) is 6.51. The van der Waals surface area contributed by atoms with Crippen molar-refractivity contribution in [1.82, 2.24) is 9.55 Å². The van der Waals surface area contributed by atoms with Crippen LogP contribution in [-0.4, -0.2) is 36.5 Å². The van der Waals surface area contributed by atoms with Gasteiger partial charge in [-0.2, -0.15) is 13.2 Å². The van der Waals surface area contributed by atoms with E-state index in [4.69, 9.17) is 18.9 Å². The number of nitrogens with zero attached hydrogens (tertiary/aromatic N) is 2. The molecule has 11 heteroatoms. The van der Waals surface area contributed by atoms with Gasteiger partial charge in [0.05, 0.1) is 25.5 Å². The Hall–Kier alpha value is -3.89. The van der Waals surface area contributed by atoms with E-state index in [1.807, 2.05) is 0 Å². The minimum absolute atomic E-state index is 0.0128. The van der Waals surface area contributed by atoms with E-state index in [9.17, 15) is 18.0 Å². The third-order valence-electron chi connectivity index (χ3n) is 5.61. The standard InChI is InChI=1S/C22H18F3N3O5/c1-30-18-14(7-15-19(20(18)31-2)33-10-32-15)13-8-16(29)27-21-17(13)26-9-28(21)12-5-3-4-11(6-12)22(23,24)25/h3-7,9,13H,8,10H2,1-2H3,(H,27,29). The second-order valence-electron chi connectivity index (χ2n) is 7.47. The van der Waals surface area contributed by atoms with Crippen LogP contribution in [0.3, 0.4) is 0 Å². The number of imidazole rings is 1. The van der Waals surface area contributed by atoms with Crippen molar-refractivity contribution in [2.75, 3.05) is 26.3 Å². The summed E-state index contributed by atoms with van der Waals surface area (Å²) >= 11 is 0. The van der Waals surface area contributed by atoms with Crippen molar-refractivity contribution in [3.8, 4) is 28.7 Å². The number of hydrogen-bond acceptors (Lipinski definition) is 6. The lowest BCUT2D eigenvalue weighted by Crippen LogP contribution is -2.25. The highest BCUT2D eigenvalue weighted by Crippen LogP contribution is 2.53. The van der Waals surface area contributed by atoms with Crippen molar-refractivity contribution in [2.24, 2.45) is 0 Å². The number of benzene rings is 2. The molecule has 1 atom stereocenters. The zero-order chi connectivity index (χ0) is 23.3. The Labute approximate surface area is 185 Å². The molecule has 2 aliphatic rings. The van der Waals surface area contributed by atoms with E-state index < -0.39 is 17.7 Å². The van der Waals surface area contributed by atoms with Crippen LogP contribution in [0.4, 0.5) is 19.0 Å². The van der Waals surface area contributed by atoms with Crippen LogP contribution in [-0.2, 0) is 11.0 Å². The van der Waals surface area contributed by atoms with E-state index >= 15 is 0 Å². The number of aromatic nitrogens is 2. The van der Waals surface area contributed by atoms with Crippen LogP contribution in [0, 0.1) is 0 Å². The first-order valence-corrected chi connectivity index (χ1v) is 9.91. The van der Waals surface area contributed by atoms with Crippen molar-refractivity contribution >= 4 is 11.7 Å². The lowest BCUT2D eigenvalue weighted by molar-refractivity contribution is -0.137. The Balaban J connectivity index is 1.65. The molecule has 1 amide bonds. The molecule has 0 fully saturated rings. The Morgan fingerprint density at radius 2 is 1.94 bits per heavy atom. The van der Waals surface area contributed by atoms with Gasteiger partial charge in [-0.15, -0.1) is 0 Å². The lowest BCUT2D eigenvalue weighted by atomic mass is 9.88. The number of carbonyl (C=O) groups is 1. The average molecular weight is 461 g/mol. The number of rotatable bonds is 4. The lowest BCUT2D eigenvalue weighted by Gasteiger charge is -2.25. The average Bonchev–Trinajstić information content (AvgIpc) is 3.43. The molecular weight excluding hydrogens is 443 g/mol. The number of methoxy groups -OCH3 is 2. The first-order chi connectivity index (χ1) is 15.8. The van der Waals surface area contributed by atoms with E-state index in [1.54, 1.807) is 6.07 Å². The maximum atomic E-state index is 13.2. The predicted octanol–water partition coefficient (Wildman–Crippen LogP) is 4.11. The van der Waals surface area contributed by atoms with Crippen LogP contribution in [0.1, 0.15) is 29.2 Å². The zero-order valence-electron chi connectivity index (χ0n) is 17.5. The number of fused-ring (bicyclic) bond motifs is 2. The summed E-state index contributed by atoms with van der Waals surface area (Å²) in [6.45, 7) is 0.0128. The van der Waals surface area contributed by atoms with Gasteiger partial charge in [-0.3, -0.25) is 9.36 Å². The highest BCUT2D eigenvalue weighted by Gasteiger charge is 2.37. The molecule has 1 unspecified atom stereocenters. The molecule has 3 heterocycles. The molecule has 33 heavy (non-hydrogen) atoms. The number of anilines is 1. The molecule has 0 bridgehead atoms. The summed E-state index contributed by atoms with van der Waals surface area (Å²) in [5.41, 5.74) is 0.480. The minimum atomic E-state index is -4.50. The van der Waals surface area contributed by atoms with Crippen LogP contribution < -0.4 is 24.3 Å². The quantitative estimate of drug-likeness (QED) is 0.630. The van der Waals surface area contributed by atoms with Gasteiger partial charge in [0.15, 0.2) is 11.5 Å². The number of carbonyl (C=O) groups excluding carboxylic acids is 1. The fraction of sp³-hybridized carbons (Fsp3) is 0.273. The third-order valence-corrected chi connectivity index (χ3v) is 5.61. The number of halogens is 3. The second-order valence-corrected chi connectivity index (χ2v) is 7.47. The molecule has 172 valence electrons. The first kappa shape index (κ1) is 21.0. The van der Waals surface area contributed by atoms with Crippen molar-refractivity contribution in [2.45, 2.75) is 18.5 Å². The van der Waals surface area contributed by atoms with Gasteiger partial charge in [-0.25, -0.2) is 4.98 Å². The van der Waals surface area contributed by atoms with Gasteiger partial charge in [-0.1, -0.05) is 6.07 Å². The van der Waals surface area contributed by atoms with E-state index in [1.165, 1.54) is 37.2 Å². The summed E-state index contributed by atoms with van der Waals surface area (Å²) in [6.07, 6.45) is -3.07. The van der Waals surface area contributed by atoms with E-state index in [0.717, 1.165) is 12.1 Å². The molecule has 0 saturated carbocycles. The SMILES string of the molecule is COc1c(C2CC(=O)Nc3c2ncn3-c2cccc(C(F)(F)F)c2)cc2c(c1OC)OCO2. The fourth-order valence-corrected chi connectivity index (χ4v) is 4.16. The summed E-state index contributed by atoms with van der Waals surface area (Å²) in [5, 5.41) is 2.74. The molecule has 0 aliphatic carbocycles. The monoisotopic (exact) mass is 461 g/mol. The van der Waals surface area contributed by atoms with Crippen molar-refractivity contribution in [1.29, 1.82) is 0 Å². The summed E-state index contributed by atoms with van der Waals surface area (Å²) in [5.74, 6) is 0.933. The zero-order valence-corrected chi connectivity index (χ0v) is 17.5. The topological polar surface area (TPSA) is 83.8 Å². The Bertz CT molecular complexity index is 1250. The molecule has 2 aliphatic heterocycles. The highest BCUT2D eigenvalue weighted by atomic mass is 19.4. The Morgan fingerprint density at radius 3 is 2.67 bits per heavy atom. The van der Waals surface area contributed by atoms with Gasteiger partial charge in [0.1, 0.15) is 12.1 Å². The van der Waals surface area contributed by atoms with Crippen LogP contribution in [0.5, 0.6) is 23.0 Å². The maximum Gasteiger partial charge on any atom is 0.416 e. The largest absolute Gasteiger partial charge is 0.492 e. The summed E-state index contributed by atoms with van der Waals surface area (Å²) in [7, 11) is 2.93. The molecule has 8 nitrogen and oxygen atoms in total. The Morgan fingerprint density at radius 1 is 1.15 bits per heavy atom. The van der Waals surface area contributed by atoms with Crippen molar-refractivity contribution in [3.63, 3.8) is 0 Å². The molecule has 0 radical (unpaired) electrons. The van der Waals surface area contributed by atoms with Gasteiger partial charge in [0, 0.05) is 23.6 Å². The highest BCUT2D eigenvalue weighted by molar-refractivity contribution is 5.94. The third kappa shape index (κ3) is 3.40. The molecule has 1 N–H and O–H groups in total. The van der Waals surface area contributed by atoms with Crippen LogP contribution >= 0.6 is 0 Å². The molecule has 1 aromatic heterocycles. The number of amides is 1. The second kappa shape index (κ2) is 7.61. The van der Waals surface area contributed by atoms with Crippen LogP contribution in [0.25, 0.3) is 5.69 Å². The van der Waals surface area contributed by atoms with Gasteiger partial charge in [0.2, 0.25) is 24.2 Å². The number of hydrogen-bond donors (Lipinski definition) is 1. The molecule has 2 aromatic carbocycles. The number of alkyl halides is 3. The molecule has 0 spiro atoms.